The van der Waals surface area contributed by atoms with E-state index >= 15 is 0 Å². The standard InChI is InChI=1S/C12H20F3N3/c1-9(2)16-6-4-5-10(3)18-8-11(7-17-18)12(13,14)15/h7-10,16H,4-6H2,1-3H3. The lowest BCUT2D eigenvalue weighted by molar-refractivity contribution is -0.137. The van der Waals surface area contributed by atoms with Crippen LogP contribution in [0, 0.1) is 0 Å². The Bertz CT molecular complexity index is 358. The predicted octanol–water partition coefficient (Wildman–Crippen LogP) is 3.24. The number of nitrogens with zero attached hydrogens (tertiary/aromatic N) is 2. The molecule has 1 aromatic rings. The molecule has 1 unspecified atom stereocenters. The Kier molecular flexibility index (Phi) is 5.19. The molecular weight excluding hydrogens is 243 g/mol. The van der Waals surface area contributed by atoms with Crippen LogP contribution in [0.2, 0.25) is 0 Å². The van der Waals surface area contributed by atoms with Crippen molar-refractivity contribution in [1.29, 1.82) is 0 Å². The summed E-state index contributed by atoms with van der Waals surface area (Å²) in [5, 5.41) is 7.04. The number of hydrogen-bond donors (Lipinski definition) is 1. The van der Waals surface area contributed by atoms with Gasteiger partial charge in [0, 0.05) is 18.3 Å². The van der Waals surface area contributed by atoms with E-state index in [1.165, 1.54) is 4.68 Å². The monoisotopic (exact) mass is 263 g/mol. The molecule has 104 valence electrons. The highest BCUT2D eigenvalue weighted by Gasteiger charge is 2.32. The molecule has 1 N–H and O–H groups in total. The predicted molar refractivity (Wildman–Crippen MR) is 64.3 cm³/mol. The van der Waals surface area contributed by atoms with E-state index in [0.29, 0.717) is 6.04 Å². The van der Waals surface area contributed by atoms with Gasteiger partial charge in [-0.05, 0) is 26.3 Å². The second-order valence-corrected chi connectivity index (χ2v) is 4.81. The minimum atomic E-state index is -4.31. The van der Waals surface area contributed by atoms with Crippen LogP contribution in [-0.4, -0.2) is 22.4 Å². The van der Waals surface area contributed by atoms with Gasteiger partial charge in [0.15, 0.2) is 0 Å². The fourth-order valence-electron chi connectivity index (χ4n) is 1.65. The minimum absolute atomic E-state index is 0.0185. The van der Waals surface area contributed by atoms with Gasteiger partial charge in [-0.15, -0.1) is 0 Å². The maximum absolute atomic E-state index is 12.4. The first-order valence-corrected chi connectivity index (χ1v) is 6.15. The minimum Gasteiger partial charge on any atom is -0.315 e. The van der Waals surface area contributed by atoms with E-state index in [9.17, 15) is 13.2 Å². The molecule has 0 spiro atoms. The van der Waals surface area contributed by atoms with E-state index in [4.69, 9.17) is 0 Å². The van der Waals surface area contributed by atoms with E-state index in [0.717, 1.165) is 31.8 Å². The van der Waals surface area contributed by atoms with Crippen molar-refractivity contribution in [2.45, 2.75) is 51.9 Å². The van der Waals surface area contributed by atoms with Crippen LogP contribution < -0.4 is 5.32 Å². The number of nitrogens with one attached hydrogen (secondary N) is 1. The fraction of sp³-hybridized carbons (Fsp3) is 0.750. The van der Waals surface area contributed by atoms with Crippen LogP contribution in [0.15, 0.2) is 12.4 Å². The van der Waals surface area contributed by atoms with Crippen LogP contribution >= 0.6 is 0 Å². The molecule has 0 aliphatic rings. The highest BCUT2D eigenvalue weighted by molar-refractivity contribution is 5.08. The van der Waals surface area contributed by atoms with Gasteiger partial charge in [-0.25, -0.2) is 0 Å². The highest BCUT2D eigenvalue weighted by atomic mass is 19.4. The second kappa shape index (κ2) is 6.22. The number of aromatic nitrogens is 2. The van der Waals surface area contributed by atoms with Crippen LogP contribution in [0.25, 0.3) is 0 Å². The normalized spacial score (nSPS) is 14.2. The topological polar surface area (TPSA) is 29.9 Å². The average Bonchev–Trinajstić information content (AvgIpc) is 2.72. The smallest absolute Gasteiger partial charge is 0.315 e. The van der Waals surface area contributed by atoms with Gasteiger partial charge >= 0.3 is 6.18 Å². The summed E-state index contributed by atoms with van der Waals surface area (Å²) in [6.07, 6.45) is -0.639. The molecule has 1 atom stereocenters. The molecular formula is C12H20F3N3. The summed E-state index contributed by atoms with van der Waals surface area (Å²) >= 11 is 0. The lowest BCUT2D eigenvalue weighted by Gasteiger charge is -2.13. The Morgan fingerprint density at radius 2 is 2.00 bits per heavy atom. The third-order valence-corrected chi connectivity index (χ3v) is 2.73. The molecule has 0 radical (unpaired) electrons. The fourth-order valence-corrected chi connectivity index (χ4v) is 1.65. The Balaban J connectivity index is 2.42. The van der Waals surface area contributed by atoms with Crippen molar-refractivity contribution >= 4 is 0 Å². The van der Waals surface area contributed by atoms with E-state index in [1.807, 2.05) is 6.92 Å². The molecule has 0 saturated heterocycles. The van der Waals surface area contributed by atoms with Crippen molar-refractivity contribution in [3.63, 3.8) is 0 Å². The number of alkyl halides is 3. The third kappa shape index (κ3) is 4.68. The van der Waals surface area contributed by atoms with Gasteiger partial charge in [0.25, 0.3) is 0 Å². The first kappa shape index (κ1) is 15.0. The van der Waals surface area contributed by atoms with Crippen molar-refractivity contribution in [3.8, 4) is 0 Å². The second-order valence-electron chi connectivity index (χ2n) is 4.81. The van der Waals surface area contributed by atoms with E-state index in [-0.39, 0.29) is 6.04 Å². The molecule has 1 heterocycles. The quantitative estimate of drug-likeness (QED) is 0.798. The first-order chi connectivity index (χ1) is 8.30. The Morgan fingerprint density at radius 3 is 2.50 bits per heavy atom. The van der Waals surface area contributed by atoms with E-state index in [1.54, 1.807) is 0 Å². The Hall–Kier alpha value is -1.04. The molecule has 0 saturated carbocycles. The molecule has 6 heteroatoms. The van der Waals surface area contributed by atoms with Crippen molar-refractivity contribution in [3.05, 3.63) is 18.0 Å². The summed E-state index contributed by atoms with van der Waals surface area (Å²) in [7, 11) is 0. The van der Waals surface area contributed by atoms with Gasteiger partial charge in [-0.3, -0.25) is 4.68 Å². The van der Waals surface area contributed by atoms with Crippen molar-refractivity contribution in [1.82, 2.24) is 15.1 Å². The molecule has 3 nitrogen and oxygen atoms in total. The average molecular weight is 263 g/mol. The molecule has 0 aliphatic carbocycles. The largest absolute Gasteiger partial charge is 0.419 e. The van der Waals surface area contributed by atoms with Gasteiger partial charge in [0.2, 0.25) is 0 Å². The lowest BCUT2D eigenvalue weighted by Crippen LogP contribution is -2.24. The molecule has 0 fully saturated rings. The van der Waals surface area contributed by atoms with Crippen LogP contribution in [-0.2, 0) is 6.18 Å². The van der Waals surface area contributed by atoms with Gasteiger partial charge < -0.3 is 5.32 Å². The number of hydrogen-bond acceptors (Lipinski definition) is 2. The van der Waals surface area contributed by atoms with Crippen LogP contribution in [0.5, 0.6) is 0 Å². The van der Waals surface area contributed by atoms with Gasteiger partial charge in [0.1, 0.15) is 0 Å². The van der Waals surface area contributed by atoms with Gasteiger partial charge in [-0.2, -0.15) is 18.3 Å². The lowest BCUT2D eigenvalue weighted by atomic mass is 10.2. The zero-order valence-corrected chi connectivity index (χ0v) is 11.0. The molecule has 1 aromatic heterocycles. The van der Waals surface area contributed by atoms with Crippen molar-refractivity contribution < 1.29 is 13.2 Å². The highest BCUT2D eigenvalue weighted by Crippen LogP contribution is 2.29. The molecule has 0 amide bonds. The molecule has 0 aliphatic heterocycles. The summed E-state index contributed by atoms with van der Waals surface area (Å²) in [4.78, 5) is 0. The Labute approximate surface area is 105 Å². The van der Waals surface area contributed by atoms with Crippen LogP contribution in [0.3, 0.4) is 0 Å². The van der Waals surface area contributed by atoms with E-state index in [2.05, 4.69) is 24.3 Å². The van der Waals surface area contributed by atoms with E-state index < -0.39 is 11.7 Å². The Morgan fingerprint density at radius 1 is 1.33 bits per heavy atom. The SMILES string of the molecule is CC(C)NCCCC(C)n1cc(C(F)(F)F)cn1. The van der Waals surface area contributed by atoms with Crippen molar-refractivity contribution in [2.24, 2.45) is 0 Å². The summed E-state index contributed by atoms with van der Waals surface area (Å²) in [6.45, 7) is 6.87. The van der Waals surface area contributed by atoms with Crippen LogP contribution in [0.1, 0.15) is 45.2 Å². The van der Waals surface area contributed by atoms with Gasteiger partial charge in [0.05, 0.1) is 11.8 Å². The zero-order chi connectivity index (χ0) is 13.8. The zero-order valence-electron chi connectivity index (χ0n) is 11.0. The summed E-state index contributed by atoms with van der Waals surface area (Å²) < 4.78 is 38.6. The maximum atomic E-state index is 12.4. The summed E-state index contributed by atoms with van der Waals surface area (Å²) in [5.74, 6) is 0. The van der Waals surface area contributed by atoms with Crippen LogP contribution in [0.4, 0.5) is 13.2 Å². The maximum Gasteiger partial charge on any atom is 0.419 e. The summed E-state index contributed by atoms with van der Waals surface area (Å²) in [5.41, 5.74) is -0.686. The van der Waals surface area contributed by atoms with Crippen molar-refractivity contribution in [2.75, 3.05) is 6.54 Å². The molecule has 1 rings (SSSR count). The number of halogens is 3. The third-order valence-electron chi connectivity index (χ3n) is 2.73. The first-order valence-electron chi connectivity index (χ1n) is 6.15. The molecule has 18 heavy (non-hydrogen) atoms. The molecule has 0 bridgehead atoms. The number of rotatable bonds is 6. The molecule has 0 aromatic carbocycles. The summed E-state index contributed by atoms with van der Waals surface area (Å²) in [6, 6.07) is 0.414. The van der Waals surface area contributed by atoms with Gasteiger partial charge in [-0.1, -0.05) is 13.8 Å².